The fourth-order valence-corrected chi connectivity index (χ4v) is 1.71. The van der Waals surface area contributed by atoms with Gasteiger partial charge in [0.1, 0.15) is 0 Å². The highest BCUT2D eigenvalue weighted by Crippen LogP contribution is 2.33. The molecule has 1 aliphatic heterocycles. The maximum Gasteiger partial charge on any atom is 0.0625 e. The van der Waals surface area contributed by atoms with E-state index in [2.05, 4.69) is 0 Å². The molecule has 2 rings (SSSR count). The minimum Gasteiger partial charge on any atom is -0.377 e. The van der Waals surface area contributed by atoms with Gasteiger partial charge in [0.25, 0.3) is 0 Å². The first-order chi connectivity index (χ1) is 3.97. The zero-order chi connectivity index (χ0) is 5.40. The number of rotatable bonds is 0. The van der Waals surface area contributed by atoms with Gasteiger partial charge >= 0.3 is 0 Å². The van der Waals surface area contributed by atoms with E-state index in [-0.39, 0.29) is 0 Å². The van der Waals surface area contributed by atoms with Crippen molar-refractivity contribution in [2.75, 3.05) is 6.61 Å². The van der Waals surface area contributed by atoms with Crippen LogP contribution in [0.5, 0.6) is 0 Å². The second-order valence-electron chi connectivity index (χ2n) is 2.92. The molecule has 1 nitrogen and oxygen atoms in total. The summed E-state index contributed by atoms with van der Waals surface area (Å²) in [4.78, 5) is 0. The standard InChI is InChI=1S/C7H12O/c1-2-4-7-6(3-1)5-8-7/h6-7H,1-5H2. The average molecular weight is 112 g/mol. The molecule has 2 fully saturated rings. The highest BCUT2D eigenvalue weighted by Gasteiger charge is 2.33. The molecule has 1 saturated heterocycles. The molecule has 1 aliphatic carbocycles. The van der Waals surface area contributed by atoms with Crippen molar-refractivity contribution in [3.8, 4) is 0 Å². The summed E-state index contributed by atoms with van der Waals surface area (Å²) < 4.78 is 5.33. The molecule has 0 amide bonds. The van der Waals surface area contributed by atoms with E-state index in [9.17, 15) is 0 Å². The Kier molecular flexibility index (Phi) is 1.04. The molecular formula is C7H12O. The van der Waals surface area contributed by atoms with Crippen molar-refractivity contribution in [1.82, 2.24) is 0 Å². The second kappa shape index (κ2) is 1.73. The van der Waals surface area contributed by atoms with Gasteiger partial charge in [0.2, 0.25) is 0 Å². The van der Waals surface area contributed by atoms with Gasteiger partial charge in [-0.25, -0.2) is 0 Å². The molecule has 1 heterocycles. The van der Waals surface area contributed by atoms with Crippen LogP contribution in [-0.2, 0) is 4.74 Å². The van der Waals surface area contributed by atoms with Crippen molar-refractivity contribution in [2.45, 2.75) is 31.8 Å². The predicted molar refractivity (Wildman–Crippen MR) is 31.7 cm³/mol. The first kappa shape index (κ1) is 4.80. The van der Waals surface area contributed by atoms with Crippen molar-refractivity contribution >= 4 is 0 Å². The molecule has 2 atom stereocenters. The zero-order valence-electron chi connectivity index (χ0n) is 5.10. The smallest absolute Gasteiger partial charge is 0.0625 e. The monoisotopic (exact) mass is 112 g/mol. The molecule has 1 heteroatoms. The quantitative estimate of drug-likeness (QED) is 0.462. The first-order valence-electron chi connectivity index (χ1n) is 3.58. The summed E-state index contributed by atoms with van der Waals surface area (Å²) in [6, 6.07) is 0. The van der Waals surface area contributed by atoms with Crippen LogP contribution in [-0.4, -0.2) is 12.7 Å². The zero-order valence-corrected chi connectivity index (χ0v) is 5.10. The van der Waals surface area contributed by atoms with Gasteiger partial charge in [-0.3, -0.25) is 0 Å². The Morgan fingerprint density at radius 3 is 2.38 bits per heavy atom. The molecule has 2 aliphatic rings. The fraction of sp³-hybridized carbons (Fsp3) is 1.00. The SMILES string of the molecule is C1CCC2OCC2C1. The minimum absolute atomic E-state index is 0.684. The molecule has 46 valence electrons. The Bertz CT molecular complexity index is 78.4. The predicted octanol–water partition coefficient (Wildman–Crippen LogP) is 1.58. The third-order valence-corrected chi connectivity index (χ3v) is 2.36. The lowest BCUT2D eigenvalue weighted by molar-refractivity contribution is -0.133. The van der Waals surface area contributed by atoms with E-state index in [4.69, 9.17) is 4.74 Å². The summed E-state index contributed by atoms with van der Waals surface area (Å²) in [5, 5.41) is 0. The van der Waals surface area contributed by atoms with E-state index < -0.39 is 0 Å². The van der Waals surface area contributed by atoms with Gasteiger partial charge in [-0.1, -0.05) is 12.8 Å². The molecule has 0 N–H and O–H groups in total. The van der Waals surface area contributed by atoms with Crippen LogP contribution in [0.4, 0.5) is 0 Å². The summed E-state index contributed by atoms with van der Waals surface area (Å²) in [7, 11) is 0. The molecule has 0 aromatic rings. The summed E-state index contributed by atoms with van der Waals surface area (Å²) in [6.45, 7) is 1.06. The van der Waals surface area contributed by atoms with Gasteiger partial charge in [-0.05, 0) is 12.8 Å². The van der Waals surface area contributed by atoms with E-state index in [1.807, 2.05) is 0 Å². The molecule has 0 aromatic carbocycles. The van der Waals surface area contributed by atoms with E-state index in [0.29, 0.717) is 6.10 Å². The minimum atomic E-state index is 0.684. The van der Waals surface area contributed by atoms with Crippen molar-refractivity contribution < 1.29 is 4.74 Å². The van der Waals surface area contributed by atoms with Crippen LogP contribution in [0.3, 0.4) is 0 Å². The normalized spacial score (nSPS) is 45.0. The Labute approximate surface area is 50.0 Å². The van der Waals surface area contributed by atoms with Crippen LogP contribution in [0, 0.1) is 5.92 Å². The van der Waals surface area contributed by atoms with Crippen LogP contribution in [0.2, 0.25) is 0 Å². The molecule has 1 saturated carbocycles. The largest absolute Gasteiger partial charge is 0.377 e. The van der Waals surface area contributed by atoms with Crippen LogP contribution in [0.15, 0.2) is 0 Å². The van der Waals surface area contributed by atoms with Crippen molar-refractivity contribution in [3.63, 3.8) is 0 Å². The van der Waals surface area contributed by atoms with Crippen molar-refractivity contribution in [2.24, 2.45) is 5.92 Å². The molecule has 8 heavy (non-hydrogen) atoms. The molecule has 2 unspecified atom stereocenters. The molecule has 0 aromatic heterocycles. The van der Waals surface area contributed by atoms with Crippen LogP contribution in [0.1, 0.15) is 25.7 Å². The Hall–Kier alpha value is -0.0400. The van der Waals surface area contributed by atoms with Gasteiger partial charge < -0.3 is 4.74 Å². The molecule has 0 spiro atoms. The Balaban J connectivity index is 1.92. The van der Waals surface area contributed by atoms with Crippen molar-refractivity contribution in [1.29, 1.82) is 0 Å². The molecule has 0 radical (unpaired) electrons. The van der Waals surface area contributed by atoms with Crippen LogP contribution in [0.25, 0.3) is 0 Å². The van der Waals surface area contributed by atoms with Gasteiger partial charge in [0, 0.05) is 5.92 Å². The third-order valence-electron chi connectivity index (χ3n) is 2.36. The van der Waals surface area contributed by atoms with Gasteiger partial charge in [-0.2, -0.15) is 0 Å². The van der Waals surface area contributed by atoms with E-state index in [1.165, 1.54) is 25.7 Å². The maximum atomic E-state index is 5.33. The molecular weight excluding hydrogens is 100 g/mol. The maximum absolute atomic E-state index is 5.33. The lowest BCUT2D eigenvalue weighted by Crippen LogP contribution is -2.41. The van der Waals surface area contributed by atoms with Crippen LogP contribution >= 0.6 is 0 Å². The molecule has 0 bridgehead atoms. The number of fused-ring (bicyclic) bond motifs is 1. The van der Waals surface area contributed by atoms with Gasteiger partial charge in [-0.15, -0.1) is 0 Å². The number of ether oxygens (including phenoxy) is 1. The highest BCUT2D eigenvalue weighted by molar-refractivity contribution is 4.82. The Morgan fingerprint density at radius 1 is 1.12 bits per heavy atom. The second-order valence-corrected chi connectivity index (χ2v) is 2.92. The summed E-state index contributed by atoms with van der Waals surface area (Å²) in [5.74, 6) is 0.962. The van der Waals surface area contributed by atoms with Gasteiger partial charge in [0.15, 0.2) is 0 Å². The third kappa shape index (κ3) is 0.576. The lowest BCUT2D eigenvalue weighted by atomic mass is 9.83. The Morgan fingerprint density at radius 2 is 2.00 bits per heavy atom. The van der Waals surface area contributed by atoms with E-state index >= 15 is 0 Å². The fourth-order valence-electron chi connectivity index (χ4n) is 1.71. The van der Waals surface area contributed by atoms with Crippen molar-refractivity contribution in [3.05, 3.63) is 0 Å². The summed E-state index contributed by atoms with van der Waals surface area (Å²) in [6.07, 6.45) is 6.31. The first-order valence-corrected chi connectivity index (χ1v) is 3.58. The van der Waals surface area contributed by atoms with E-state index in [1.54, 1.807) is 0 Å². The summed E-state index contributed by atoms with van der Waals surface area (Å²) in [5.41, 5.74) is 0. The number of hydrogen-bond donors (Lipinski definition) is 0. The van der Waals surface area contributed by atoms with Gasteiger partial charge in [0.05, 0.1) is 12.7 Å². The number of hydrogen-bond acceptors (Lipinski definition) is 1. The van der Waals surface area contributed by atoms with E-state index in [0.717, 1.165) is 12.5 Å². The average Bonchev–Trinajstić information content (AvgIpc) is 1.72. The lowest BCUT2D eigenvalue weighted by Gasteiger charge is -2.40. The highest BCUT2D eigenvalue weighted by atomic mass is 16.5. The summed E-state index contributed by atoms with van der Waals surface area (Å²) >= 11 is 0. The van der Waals surface area contributed by atoms with Crippen LogP contribution < -0.4 is 0 Å². The topological polar surface area (TPSA) is 9.23 Å².